The number of hydrogen-bond acceptors (Lipinski definition) is 2. The van der Waals surface area contributed by atoms with E-state index >= 15 is 0 Å². The maximum absolute atomic E-state index is 12.0. The highest BCUT2D eigenvalue weighted by Crippen LogP contribution is 2.22. The van der Waals surface area contributed by atoms with Gasteiger partial charge in [0.15, 0.2) is 0 Å². The molecule has 0 saturated heterocycles. The number of hydrogen-bond donors (Lipinski definition) is 2. The van der Waals surface area contributed by atoms with Crippen molar-refractivity contribution in [2.45, 2.75) is 32.1 Å². The molecule has 0 saturated carbocycles. The highest BCUT2D eigenvalue weighted by Gasteiger charge is 2.11. The quantitative estimate of drug-likeness (QED) is 0.786. The average Bonchev–Trinajstić information content (AvgIpc) is 2.55. The Labute approximate surface area is 138 Å². The van der Waals surface area contributed by atoms with E-state index in [1.54, 1.807) is 0 Å². The Kier molecular flexibility index (Phi) is 6.82. The molecule has 0 radical (unpaired) electrons. The summed E-state index contributed by atoms with van der Waals surface area (Å²) in [7, 11) is 0. The van der Waals surface area contributed by atoms with Gasteiger partial charge in [-0.2, -0.15) is 0 Å². The molecule has 2 aromatic rings. The van der Waals surface area contributed by atoms with Crippen LogP contribution in [0.1, 0.15) is 35.4 Å². The normalized spacial score (nSPS) is 11.9. The number of amides is 1. The molecule has 1 atom stereocenters. The zero-order chi connectivity index (χ0) is 16.5. The van der Waals surface area contributed by atoms with Gasteiger partial charge in [0.2, 0.25) is 5.91 Å². The van der Waals surface area contributed by atoms with Crippen LogP contribution in [-0.4, -0.2) is 24.2 Å². The zero-order valence-corrected chi connectivity index (χ0v) is 13.7. The Bertz CT molecular complexity index is 610. The van der Waals surface area contributed by atoms with E-state index in [0.29, 0.717) is 13.0 Å². The lowest BCUT2D eigenvalue weighted by Gasteiger charge is -2.16. The van der Waals surface area contributed by atoms with E-state index in [2.05, 4.69) is 17.4 Å². The highest BCUT2D eigenvalue weighted by atomic mass is 16.3. The van der Waals surface area contributed by atoms with Crippen molar-refractivity contribution in [1.29, 1.82) is 0 Å². The second-order valence-corrected chi connectivity index (χ2v) is 5.92. The van der Waals surface area contributed by atoms with Crippen LogP contribution in [0.4, 0.5) is 0 Å². The van der Waals surface area contributed by atoms with Crippen molar-refractivity contribution in [3.63, 3.8) is 0 Å². The molecule has 0 heterocycles. The van der Waals surface area contributed by atoms with Crippen molar-refractivity contribution in [2.24, 2.45) is 0 Å². The molecule has 0 aliphatic rings. The molecule has 1 unspecified atom stereocenters. The molecule has 0 aromatic heterocycles. The van der Waals surface area contributed by atoms with Gasteiger partial charge in [0.1, 0.15) is 0 Å². The maximum Gasteiger partial charge on any atom is 0.224 e. The fraction of sp³-hybridized carbons (Fsp3) is 0.350. The first-order chi connectivity index (χ1) is 11.2. The Hall–Kier alpha value is -2.13. The van der Waals surface area contributed by atoms with E-state index in [-0.39, 0.29) is 18.4 Å². The summed E-state index contributed by atoms with van der Waals surface area (Å²) in [6.45, 7) is 2.82. The number of aryl methyl sites for hydroxylation is 1. The number of benzene rings is 2. The minimum Gasteiger partial charge on any atom is -0.396 e. The monoisotopic (exact) mass is 311 g/mol. The SMILES string of the molecule is Cc1cccc(CC(=O)NCCC(CCO)c2ccccc2)c1. The molecular formula is C20H25NO2. The summed E-state index contributed by atoms with van der Waals surface area (Å²) < 4.78 is 0. The summed E-state index contributed by atoms with van der Waals surface area (Å²) in [6, 6.07) is 18.2. The summed E-state index contributed by atoms with van der Waals surface area (Å²) in [5.74, 6) is 0.326. The van der Waals surface area contributed by atoms with E-state index in [1.807, 2.05) is 49.4 Å². The van der Waals surface area contributed by atoms with Crippen molar-refractivity contribution >= 4 is 5.91 Å². The van der Waals surface area contributed by atoms with Gasteiger partial charge in [-0.25, -0.2) is 0 Å². The summed E-state index contributed by atoms with van der Waals surface area (Å²) in [5.41, 5.74) is 3.43. The van der Waals surface area contributed by atoms with Crippen LogP contribution in [0.3, 0.4) is 0 Å². The number of carbonyl (C=O) groups is 1. The fourth-order valence-electron chi connectivity index (χ4n) is 2.81. The summed E-state index contributed by atoms with van der Waals surface area (Å²) >= 11 is 0. The van der Waals surface area contributed by atoms with Crippen LogP contribution in [0.25, 0.3) is 0 Å². The van der Waals surface area contributed by atoms with Crippen molar-refractivity contribution in [1.82, 2.24) is 5.32 Å². The van der Waals surface area contributed by atoms with E-state index < -0.39 is 0 Å². The summed E-state index contributed by atoms with van der Waals surface area (Å²) in [5, 5.41) is 12.2. The second kappa shape index (κ2) is 9.11. The minimum atomic E-state index is 0.0476. The van der Waals surface area contributed by atoms with E-state index in [1.165, 1.54) is 11.1 Å². The van der Waals surface area contributed by atoms with Crippen molar-refractivity contribution in [3.8, 4) is 0 Å². The summed E-state index contributed by atoms with van der Waals surface area (Å²) in [6.07, 6.45) is 1.97. The Morgan fingerprint density at radius 1 is 1.09 bits per heavy atom. The Balaban J connectivity index is 1.81. The average molecular weight is 311 g/mol. The van der Waals surface area contributed by atoms with Gasteiger partial charge in [0, 0.05) is 13.2 Å². The predicted molar refractivity (Wildman–Crippen MR) is 93.4 cm³/mol. The predicted octanol–water partition coefficient (Wildman–Crippen LogP) is 3.21. The molecular weight excluding hydrogens is 286 g/mol. The molecule has 3 heteroatoms. The first kappa shape index (κ1) is 17.2. The van der Waals surface area contributed by atoms with Gasteiger partial charge in [-0.3, -0.25) is 4.79 Å². The van der Waals surface area contributed by atoms with Gasteiger partial charge < -0.3 is 10.4 Å². The standard InChI is InChI=1S/C20H25NO2/c1-16-6-5-7-17(14-16)15-20(23)21-12-10-19(11-13-22)18-8-3-2-4-9-18/h2-9,14,19,22H,10-13,15H2,1H3,(H,21,23). The zero-order valence-electron chi connectivity index (χ0n) is 13.7. The lowest BCUT2D eigenvalue weighted by atomic mass is 9.93. The van der Waals surface area contributed by atoms with Gasteiger partial charge in [-0.05, 0) is 36.8 Å². The van der Waals surface area contributed by atoms with Crippen LogP contribution >= 0.6 is 0 Å². The van der Waals surface area contributed by atoms with Crippen LogP contribution in [0.5, 0.6) is 0 Å². The van der Waals surface area contributed by atoms with Crippen LogP contribution in [0.2, 0.25) is 0 Å². The van der Waals surface area contributed by atoms with Gasteiger partial charge in [0.25, 0.3) is 0 Å². The van der Waals surface area contributed by atoms with Gasteiger partial charge in [-0.15, -0.1) is 0 Å². The number of carbonyl (C=O) groups excluding carboxylic acids is 1. The first-order valence-electron chi connectivity index (χ1n) is 8.17. The third-order valence-corrected chi connectivity index (χ3v) is 4.01. The van der Waals surface area contributed by atoms with Crippen molar-refractivity contribution in [3.05, 3.63) is 71.3 Å². The van der Waals surface area contributed by atoms with Gasteiger partial charge in [0.05, 0.1) is 6.42 Å². The lowest BCUT2D eigenvalue weighted by molar-refractivity contribution is -0.120. The van der Waals surface area contributed by atoms with Crippen LogP contribution in [0.15, 0.2) is 54.6 Å². The number of aliphatic hydroxyl groups is 1. The van der Waals surface area contributed by atoms with E-state index in [9.17, 15) is 9.90 Å². The molecule has 0 aliphatic carbocycles. The number of nitrogens with one attached hydrogen (secondary N) is 1. The van der Waals surface area contributed by atoms with E-state index in [4.69, 9.17) is 0 Å². The van der Waals surface area contributed by atoms with Gasteiger partial charge in [-0.1, -0.05) is 60.2 Å². The largest absolute Gasteiger partial charge is 0.396 e. The molecule has 0 fully saturated rings. The minimum absolute atomic E-state index is 0.0476. The van der Waals surface area contributed by atoms with Crippen LogP contribution in [-0.2, 0) is 11.2 Å². The number of aliphatic hydroxyl groups excluding tert-OH is 1. The molecule has 2 rings (SSSR count). The summed E-state index contributed by atoms with van der Waals surface area (Å²) in [4.78, 5) is 12.0. The third-order valence-electron chi connectivity index (χ3n) is 4.01. The van der Waals surface area contributed by atoms with E-state index in [0.717, 1.165) is 18.4 Å². The van der Waals surface area contributed by atoms with Crippen LogP contribution < -0.4 is 5.32 Å². The molecule has 122 valence electrons. The topological polar surface area (TPSA) is 49.3 Å². The number of rotatable bonds is 8. The van der Waals surface area contributed by atoms with Crippen molar-refractivity contribution < 1.29 is 9.90 Å². The smallest absolute Gasteiger partial charge is 0.224 e. The highest BCUT2D eigenvalue weighted by molar-refractivity contribution is 5.78. The molecule has 2 N–H and O–H groups in total. The first-order valence-corrected chi connectivity index (χ1v) is 8.17. The van der Waals surface area contributed by atoms with Crippen molar-refractivity contribution in [2.75, 3.05) is 13.2 Å². The molecule has 2 aromatic carbocycles. The fourth-order valence-corrected chi connectivity index (χ4v) is 2.81. The Morgan fingerprint density at radius 2 is 1.87 bits per heavy atom. The molecule has 0 spiro atoms. The molecule has 3 nitrogen and oxygen atoms in total. The van der Waals surface area contributed by atoms with Crippen LogP contribution in [0, 0.1) is 6.92 Å². The lowest BCUT2D eigenvalue weighted by Crippen LogP contribution is -2.27. The molecule has 0 aliphatic heterocycles. The second-order valence-electron chi connectivity index (χ2n) is 5.92. The maximum atomic E-state index is 12.0. The Morgan fingerprint density at radius 3 is 2.57 bits per heavy atom. The molecule has 1 amide bonds. The molecule has 23 heavy (non-hydrogen) atoms. The van der Waals surface area contributed by atoms with Gasteiger partial charge >= 0.3 is 0 Å². The third kappa shape index (κ3) is 5.87. The molecule has 0 bridgehead atoms.